The smallest absolute Gasteiger partial charge is 0.249 e. The van der Waals surface area contributed by atoms with E-state index in [1.165, 1.54) is 148 Å². The second-order valence-corrected chi connectivity index (χ2v) is 17.5. The number of unbranched alkanes of at least 4 members (excludes halogenated alkanes) is 27. The molecule has 0 radical (unpaired) electrons. The first-order valence-corrected chi connectivity index (χ1v) is 25.7. The number of carbonyl (C=O) groups is 1. The molecular weight excluding hydrogens is 743 g/mol. The van der Waals surface area contributed by atoms with Gasteiger partial charge in [0.1, 0.15) is 12.2 Å². The molecule has 0 spiro atoms. The van der Waals surface area contributed by atoms with Gasteiger partial charge in [0.2, 0.25) is 5.91 Å². The van der Waals surface area contributed by atoms with Crippen LogP contribution >= 0.6 is 0 Å². The second-order valence-electron chi connectivity index (χ2n) is 17.5. The average molecular weight is 842 g/mol. The molecule has 0 aliphatic heterocycles. The van der Waals surface area contributed by atoms with Crippen molar-refractivity contribution in [3.05, 3.63) is 60.8 Å². The van der Waals surface area contributed by atoms with Gasteiger partial charge in [0, 0.05) is 0 Å². The Balaban J connectivity index is 3.76. The third-order valence-corrected chi connectivity index (χ3v) is 11.7. The van der Waals surface area contributed by atoms with Crippen LogP contribution in [-0.4, -0.2) is 57.3 Å². The van der Waals surface area contributed by atoms with Crippen LogP contribution in [-0.2, 0) is 4.79 Å². The molecular formula is C54H99NO5. The predicted octanol–water partition coefficient (Wildman–Crippen LogP) is 14.4. The SMILES string of the molecule is CC/C=C\C/C=C\CCCCCCCCCCCCCCCC(O)C(=O)NC(CO)C(O)C(O)CCC/C=C/CC/C=C/CC/C=C/CCCCCCCCCCCCC. The molecule has 0 bridgehead atoms. The number of aliphatic hydroxyl groups excluding tert-OH is 4. The predicted molar refractivity (Wildman–Crippen MR) is 260 cm³/mol. The number of nitrogens with one attached hydrogen (secondary N) is 1. The van der Waals surface area contributed by atoms with Gasteiger partial charge in [0.05, 0.1) is 18.8 Å². The molecule has 0 aromatic rings. The van der Waals surface area contributed by atoms with Crippen LogP contribution in [0.25, 0.3) is 0 Å². The van der Waals surface area contributed by atoms with Gasteiger partial charge in [-0.05, 0) is 89.9 Å². The quantitative estimate of drug-likeness (QED) is 0.0310. The highest BCUT2D eigenvalue weighted by molar-refractivity contribution is 5.80. The van der Waals surface area contributed by atoms with E-state index in [9.17, 15) is 25.2 Å². The minimum Gasteiger partial charge on any atom is -0.394 e. The third kappa shape index (κ3) is 41.4. The summed E-state index contributed by atoms with van der Waals surface area (Å²) in [5.41, 5.74) is 0. The summed E-state index contributed by atoms with van der Waals surface area (Å²) in [6.07, 6.45) is 61.3. The highest BCUT2D eigenvalue weighted by atomic mass is 16.3. The van der Waals surface area contributed by atoms with Crippen LogP contribution < -0.4 is 5.32 Å². The van der Waals surface area contributed by atoms with E-state index in [2.05, 4.69) is 79.9 Å². The summed E-state index contributed by atoms with van der Waals surface area (Å²) < 4.78 is 0. The normalized spacial score (nSPS) is 14.4. The van der Waals surface area contributed by atoms with Crippen molar-refractivity contribution in [2.75, 3.05) is 6.61 Å². The van der Waals surface area contributed by atoms with Crippen LogP contribution in [0.2, 0.25) is 0 Å². The van der Waals surface area contributed by atoms with Gasteiger partial charge in [0.15, 0.2) is 0 Å². The van der Waals surface area contributed by atoms with E-state index in [1.54, 1.807) is 0 Å². The zero-order valence-corrected chi connectivity index (χ0v) is 39.4. The summed E-state index contributed by atoms with van der Waals surface area (Å²) >= 11 is 0. The number of carbonyl (C=O) groups excluding carboxylic acids is 1. The Hall–Kier alpha value is -1.99. The molecule has 0 rings (SSSR count). The minimum absolute atomic E-state index is 0.355. The van der Waals surface area contributed by atoms with Gasteiger partial charge in [-0.15, -0.1) is 0 Å². The molecule has 60 heavy (non-hydrogen) atoms. The number of hydrogen-bond acceptors (Lipinski definition) is 5. The Morgan fingerprint density at radius 1 is 0.433 bits per heavy atom. The van der Waals surface area contributed by atoms with Crippen LogP contribution in [0.15, 0.2) is 60.8 Å². The first-order chi connectivity index (χ1) is 29.5. The Morgan fingerprint density at radius 2 is 0.800 bits per heavy atom. The zero-order chi connectivity index (χ0) is 43.8. The molecule has 0 heterocycles. The Bertz CT molecular complexity index is 1040. The topological polar surface area (TPSA) is 110 Å². The monoisotopic (exact) mass is 842 g/mol. The summed E-state index contributed by atoms with van der Waals surface area (Å²) in [5.74, 6) is -0.601. The van der Waals surface area contributed by atoms with E-state index in [1.807, 2.05) is 0 Å². The Labute approximate surface area is 372 Å². The molecule has 350 valence electrons. The zero-order valence-electron chi connectivity index (χ0n) is 39.4. The van der Waals surface area contributed by atoms with E-state index in [0.29, 0.717) is 19.3 Å². The van der Waals surface area contributed by atoms with Gasteiger partial charge in [0.25, 0.3) is 0 Å². The van der Waals surface area contributed by atoms with Crippen LogP contribution in [0.4, 0.5) is 0 Å². The van der Waals surface area contributed by atoms with E-state index < -0.39 is 36.9 Å². The molecule has 6 nitrogen and oxygen atoms in total. The number of hydrogen-bond donors (Lipinski definition) is 5. The number of aliphatic hydroxyl groups is 4. The van der Waals surface area contributed by atoms with Crippen molar-refractivity contribution in [1.82, 2.24) is 5.32 Å². The van der Waals surface area contributed by atoms with E-state index in [-0.39, 0.29) is 0 Å². The maximum Gasteiger partial charge on any atom is 0.249 e. The lowest BCUT2D eigenvalue weighted by Crippen LogP contribution is -2.53. The van der Waals surface area contributed by atoms with Gasteiger partial charge in [-0.25, -0.2) is 0 Å². The van der Waals surface area contributed by atoms with Crippen molar-refractivity contribution >= 4 is 5.91 Å². The lowest BCUT2D eigenvalue weighted by atomic mass is 10.00. The van der Waals surface area contributed by atoms with Crippen molar-refractivity contribution in [3.8, 4) is 0 Å². The number of allylic oxidation sites excluding steroid dienone is 10. The third-order valence-electron chi connectivity index (χ3n) is 11.7. The highest BCUT2D eigenvalue weighted by Crippen LogP contribution is 2.16. The van der Waals surface area contributed by atoms with E-state index in [4.69, 9.17) is 0 Å². The molecule has 0 aromatic heterocycles. The van der Waals surface area contributed by atoms with Gasteiger partial charge < -0.3 is 25.7 Å². The molecule has 0 saturated carbocycles. The maximum atomic E-state index is 12.6. The van der Waals surface area contributed by atoms with Crippen molar-refractivity contribution < 1.29 is 25.2 Å². The summed E-state index contributed by atoms with van der Waals surface area (Å²) in [7, 11) is 0. The van der Waals surface area contributed by atoms with E-state index >= 15 is 0 Å². The molecule has 1 amide bonds. The molecule has 0 saturated heterocycles. The molecule has 6 heteroatoms. The van der Waals surface area contributed by atoms with E-state index in [0.717, 1.165) is 64.2 Å². The van der Waals surface area contributed by atoms with Gasteiger partial charge in [-0.2, -0.15) is 0 Å². The van der Waals surface area contributed by atoms with Gasteiger partial charge in [-0.1, -0.05) is 216 Å². The highest BCUT2D eigenvalue weighted by Gasteiger charge is 2.28. The maximum absolute atomic E-state index is 12.6. The van der Waals surface area contributed by atoms with Crippen molar-refractivity contribution in [2.24, 2.45) is 0 Å². The first-order valence-electron chi connectivity index (χ1n) is 25.7. The summed E-state index contributed by atoms with van der Waals surface area (Å²) in [6.45, 7) is 3.95. The van der Waals surface area contributed by atoms with Crippen LogP contribution in [0, 0.1) is 0 Å². The minimum atomic E-state index is -1.30. The van der Waals surface area contributed by atoms with Gasteiger partial charge >= 0.3 is 0 Å². The van der Waals surface area contributed by atoms with Crippen molar-refractivity contribution in [3.63, 3.8) is 0 Å². The van der Waals surface area contributed by atoms with Crippen molar-refractivity contribution in [1.29, 1.82) is 0 Å². The molecule has 0 aliphatic carbocycles. The van der Waals surface area contributed by atoms with Gasteiger partial charge in [-0.3, -0.25) is 4.79 Å². The molecule has 0 aliphatic rings. The Kier molecular flexibility index (Phi) is 46.5. The van der Waals surface area contributed by atoms with Crippen LogP contribution in [0.1, 0.15) is 245 Å². The lowest BCUT2D eigenvalue weighted by Gasteiger charge is -2.27. The van der Waals surface area contributed by atoms with Crippen LogP contribution in [0.5, 0.6) is 0 Å². The molecule has 0 fully saturated rings. The molecule has 4 unspecified atom stereocenters. The second kappa shape index (κ2) is 48.0. The fourth-order valence-electron chi connectivity index (χ4n) is 7.65. The standard InChI is InChI=1S/C54H99NO5/c1-3-5-7-9-11-13-15-17-19-21-23-25-26-27-28-30-31-33-35-37-39-41-43-45-47-51(57)53(59)50(49-56)55-54(60)52(58)48-46-44-42-40-38-36-34-32-29-24-22-20-18-16-14-12-10-8-6-4-2/h6,8,12,14,26-27,31,33,39,41,50-53,56-59H,3-5,7,9-11,13,15-25,28-30,32,34-38,40,42-49H2,1-2H3,(H,55,60)/b8-6-,14-12-,27-26+,33-31+,41-39+. The first kappa shape index (κ1) is 58.0. The number of rotatable bonds is 46. The summed E-state index contributed by atoms with van der Waals surface area (Å²) in [6, 6.07) is -1.01. The lowest BCUT2D eigenvalue weighted by molar-refractivity contribution is -0.132. The fraction of sp³-hybridized carbons (Fsp3) is 0.796. The summed E-state index contributed by atoms with van der Waals surface area (Å²) in [5, 5.41) is 43.8. The van der Waals surface area contributed by atoms with Crippen LogP contribution in [0.3, 0.4) is 0 Å². The molecule has 4 atom stereocenters. The number of amides is 1. The largest absolute Gasteiger partial charge is 0.394 e. The summed E-state index contributed by atoms with van der Waals surface area (Å²) in [4.78, 5) is 12.6. The Morgan fingerprint density at radius 3 is 1.23 bits per heavy atom. The molecule has 5 N–H and O–H groups in total. The van der Waals surface area contributed by atoms with Crippen molar-refractivity contribution in [2.45, 2.75) is 269 Å². The molecule has 0 aromatic carbocycles. The average Bonchev–Trinajstić information content (AvgIpc) is 3.25. The fourth-order valence-corrected chi connectivity index (χ4v) is 7.65.